The molecular formula is C44H26Cl2F14O4. The molecule has 6 aromatic carbocycles. The summed E-state index contributed by atoms with van der Waals surface area (Å²) < 4.78 is 220. The lowest BCUT2D eigenvalue weighted by Crippen LogP contribution is -2.21. The number of hydrogen-bond donors (Lipinski definition) is 0. The SMILES string of the molecule is COc1ccc(-c2c(-c3cc(-c4ccc(F)c(F)c4)c(Cl)c(Cl)c3-c3ccc(C)c(C)c3)ccc(C(F)(F)F)c2C(F)(F)F)c(-c2ccc(OC(F)(F)F)c(OC(F)(F)F)c2)c1OC. The van der Waals surface area contributed by atoms with E-state index >= 15 is 13.2 Å². The van der Waals surface area contributed by atoms with Gasteiger partial charge >= 0.3 is 25.1 Å². The van der Waals surface area contributed by atoms with Crippen molar-refractivity contribution in [1.82, 2.24) is 0 Å². The molecule has 0 unspecified atom stereocenters. The minimum Gasteiger partial charge on any atom is -0.493 e. The number of alkyl halides is 12. The van der Waals surface area contributed by atoms with E-state index in [1.54, 1.807) is 19.9 Å². The summed E-state index contributed by atoms with van der Waals surface area (Å²) in [4.78, 5) is 0. The summed E-state index contributed by atoms with van der Waals surface area (Å²) in [7, 11) is 1.95. The van der Waals surface area contributed by atoms with Crippen molar-refractivity contribution in [3.8, 4) is 78.6 Å². The van der Waals surface area contributed by atoms with Crippen LogP contribution in [0.3, 0.4) is 0 Å². The average molecular weight is 956 g/mol. The molecule has 0 saturated heterocycles. The number of hydrogen-bond acceptors (Lipinski definition) is 4. The van der Waals surface area contributed by atoms with E-state index in [1.807, 2.05) is 0 Å². The zero-order chi connectivity index (χ0) is 47.4. The Hall–Kier alpha value is -5.88. The molecule has 0 radical (unpaired) electrons. The molecule has 0 aliphatic rings. The zero-order valence-corrected chi connectivity index (χ0v) is 34.3. The Balaban J connectivity index is 1.88. The molecule has 0 atom stereocenters. The van der Waals surface area contributed by atoms with Gasteiger partial charge < -0.3 is 18.9 Å². The van der Waals surface area contributed by atoms with Gasteiger partial charge in [-0.2, -0.15) is 26.3 Å². The monoisotopic (exact) mass is 954 g/mol. The molecule has 64 heavy (non-hydrogen) atoms. The maximum atomic E-state index is 15.7. The third-order valence-electron chi connectivity index (χ3n) is 9.82. The summed E-state index contributed by atoms with van der Waals surface area (Å²) in [5.41, 5.74) is -8.43. The van der Waals surface area contributed by atoms with Crippen LogP contribution in [0.5, 0.6) is 23.0 Å². The quantitative estimate of drug-likeness (QED) is 0.135. The smallest absolute Gasteiger partial charge is 0.493 e. The number of methoxy groups -OCH3 is 2. The van der Waals surface area contributed by atoms with Gasteiger partial charge in [-0.15, -0.1) is 26.3 Å². The van der Waals surface area contributed by atoms with Gasteiger partial charge in [-0.3, -0.25) is 0 Å². The molecule has 0 saturated carbocycles. The number of benzene rings is 6. The van der Waals surface area contributed by atoms with Crippen molar-refractivity contribution in [2.75, 3.05) is 14.2 Å². The van der Waals surface area contributed by atoms with Crippen LogP contribution in [0.1, 0.15) is 22.3 Å². The summed E-state index contributed by atoms with van der Waals surface area (Å²) >= 11 is 13.7. The second-order valence-corrected chi connectivity index (χ2v) is 14.5. The predicted molar refractivity (Wildman–Crippen MR) is 210 cm³/mol. The first-order chi connectivity index (χ1) is 29.6. The number of aryl methyl sites for hydroxylation is 2. The van der Waals surface area contributed by atoms with Crippen LogP contribution in [0, 0.1) is 25.5 Å². The Morgan fingerprint density at radius 3 is 1.58 bits per heavy atom. The van der Waals surface area contributed by atoms with Crippen molar-refractivity contribution in [3.05, 3.63) is 129 Å². The molecular weight excluding hydrogens is 929 g/mol. The second-order valence-electron chi connectivity index (χ2n) is 13.8. The molecule has 0 heterocycles. The van der Waals surface area contributed by atoms with E-state index < -0.39 is 97.9 Å². The first kappa shape index (κ1) is 47.6. The lowest BCUT2D eigenvalue weighted by Gasteiger charge is -2.27. The minimum atomic E-state index is -5.92. The molecule has 6 rings (SSSR count). The first-order valence-corrected chi connectivity index (χ1v) is 18.7. The highest BCUT2D eigenvalue weighted by molar-refractivity contribution is 6.46. The molecule has 0 aliphatic heterocycles. The maximum Gasteiger partial charge on any atom is 0.573 e. The Labute approximate surface area is 363 Å². The van der Waals surface area contributed by atoms with E-state index in [4.69, 9.17) is 32.7 Å². The number of rotatable bonds is 9. The van der Waals surface area contributed by atoms with Crippen LogP contribution < -0.4 is 18.9 Å². The summed E-state index contributed by atoms with van der Waals surface area (Å²) in [5, 5.41) is -0.761. The van der Waals surface area contributed by atoms with Gasteiger partial charge in [0.25, 0.3) is 0 Å². The van der Waals surface area contributed by atoms with Crippen LogP contribution in [0.25, 0.3) is 55.6 Å². The average Bonchev–Trinajstić information content (AvgIpc) is 3.18. The molecule has 0 fully saturated rings. The van der Waals surface area contributed by atoms with E-state index in [0.29, 0.717) is 35.9 Å². The van der Waals surface area contributed by atoms with Gasteiger partial charge in [0.05, 0.1) is 35.4 Å². The summed E-state index contributed by atoms with van der Waals surface area (Å²) in [5.74, 6) is -6.91. The summed E-state index contributed by atoms with van der Waals surface area (Å²) in [6, 6.07) is 12.0. The van der Waals surface area contributed by atoms with E-state index in [-0.39, 0.29) is 50.7 Å². The number of ether oxygens (including phenoxy) is 4. The summed E-state index contributed by atoms with van der Waals surface area (Å²) in [6.07, 6.45) is -22.9. The molecule has 0 N–H and O–H groups in total. The fourth-order valence-corrected chi connectivity index (χ4v) is 7.60. The van der Waals surface area contributed by atoms with Crippen LogP contribution in [-0.2, 0) is 12.4 Å². The Morgan fingerprint density at radius 2 is 1.02 bits per heavy atom. The molecule has 0 spiro atoms. The van der Waals surface area contributed by atoms with Gasteiger partial charge in [-0.1, -0.05) is 59.6 Å². The summed E-state index contributed by atoms with van der Waals surface area (Å²) in [6.45, 7) is 3.38. The van der Waals surface area contributed by atoms with Gasteiger partial charge in [0.15, 0.2) is 34.6 Å². The molecule has 0 amide bonds. The highest BCUT2D eigenvalue weighted by Crippen LogP contribution is 2.57. The van der Waals surface area contributed by atoms with Gasteiger partial charge in [-0.05, 0) is 107 Å². The van der Waals surface area contributed by atoms with E-state index in [9.17, 15) is 48.3 Å². The Morgan fingerprint density at radius 1 is 0.438 bits per heavy atom. The number of halogens is 16. The second kappa shape index (κ2) is 17.3. The lowest BCUT2D eigenvalue weighted by atomic mass is 9.81. The van der Waals surface area contributed by atoms with Crippen LogP contribution in [0.15, 0.2) is 84.9 Å². The van der Waals surface area contributed by atoms with Crippen LogP contribution in [0.2, 0.25) is 10.0 Å². The van der Waals surface area contributed by atoms with Crippen molar-refractivity contribution in [3.63, 3.8) is 0 Å². The van der Waals surface area contributed by atoms with Crippen molar-refractivity contribution < 1.29 is 80.4 Å². The van der Waals surface area contributed by atoms with Gasteiger partial charge in [-0.25, -0.2) is 8.78 Å². The highest BCUT2D eigenvalue weighted by Gasteiger charge is 2.47. The van der Waals surface area contributed by atoms with Crippen LogP contribution in [-0.4, -0.2) is 26.9 Å². The molecule has 338 valence electrons. The van der Waals surface area contributed by atoms with Crippen molar-refractivity contribution >= 4 is 23.2 Å². The normalized spacial score (nSPS) is 12.4. The third-order valence-corrected chi connectivity index (χ3v) is 10.7. The topological polar surface area (TPSA) is 36.9 Å². The fourth-order valence-electron chi connectivity index (χ4n) is 7.03. The Bertz CT molecular complexity index is 2780. The minimum absolute atomic E-state index is 0.130. The van der Waals surface area contributed by atoms with Gasteiger partial charge in [0.1, 0.15) is 0 Å². The van der Waals surface area contributed by atoms with E-state index in [0.717, 1.165) is 44.0 Å². The van der Waals surface area contributed by atoms with Crippen molar-refractivity contribution in [1.29, 1.82) is 0 Å². The largest absolute Gasteiger partial charge is 0.573 e. The molecule has 20 heteroatoms. The van der Waals surface area contributed by atoms with Crippen LogP contribution >= 0.6 is 23.2 Å². The van der Waals surface area contributed by atoms with Crippen molar-refractivity contribution in [2.24, 2.45) is 0 Å². The first-order valence-electron chi connectivity index (χ1n) is 17.9. The molecule has 0 bridgehead atoms. The standard InChI is InChI=1S/C44H26Cl2F14O4/c1-19-5-6-22(15-20(19)2)34-27(18-26(38(45)39(34)46)21-7-12-29(47)30(48)16-21)24-9-11-28(41(49,50)51)37(42(52,53)54)36(24)25-10-14-32(61-3)40(62-4)35(25)23-8-13-31(63-43(55,56)57)33(17-23)64-44(58,59)60/h5-18H,1-4H3. The predicted octanol–water partition coefficient (Wildman–Crippen LogP) is 16.1. The maximum absolute atomic E-state index is 15.7. The molecule has 6 aromatic rings. The fraction of sp³-hybridized carbons (Fsp3) is 0.182. The molecule has 0 aromatic heterocycles. The molecule has 4 nitrogen and oxygen atoms in total. The van der Waals surface area contributed by atoms with Crippen molar-refractivity contribution in [2.45, 2.75) is 38.9 Å². The molecule has 0 aliphatic carbocycles. The van der Waals surface area contributed by atoms with E-state index in [1.165, 1.54) is 12.1 Å². The van der Waals surface area contributed by atoms with Gasteiger partial charge in [0, 0.05) is 22.3 Å². The van der Waals surface area contributed by atoms with Gasteiger partial charge in [0.2, 0.25) is 0 Å². The lowest BCUT2D eigenvalue weighted by molar-refractivity contribution is -0.287. The van der Waals surface area contributed by atoms with Crippen LogP contribution in [0.4, 0.5) is 61.5 Å². The zero-order valence-electron chi connectivity index (χ0n) is 32.8. The van der Waals surface area contributed by atoms with E-state index in [2.05, 4.69) is 9.47 Å². The highest BCUT2D eigenvalue weighted by atomic mass is 35.5. The Kier molecular flexibility index (Phi) is 12.8. The third kappa shape index (κ3) is 9.62.